The Morgan fingerprint density at radius 1 is 1.08 bits per heavy atom. The Balaban J connectivity index is 1.65. The summed E-state index contributed by atoms with van der Waals surface area (Å²) < 4.78 is 1.90. The van der Waals surface area contributed by atoms with E-state index in [1.807, 2.05) is 16.3 Å². The van der Waals surface area contributed by atoms with Gasteiger partial charge in [0.05, 0.1) is 5.75 Å². The molecule has 0 fully saturated rings. The van der Waals surface area contributed by atoms with Gasteiger partial charge in [0, 0.05) is 6.42 Å². The minimum absolute atomic E-state index is 0.575. The summed E-state index contributed by atoms with van der Waals surface area (Å²) in [5, 5.41) is 17.5. The molecule has 24 heavy (non-hydrogen) atoms. The Hall–Kier alpha value is -1.92. The second-order valence-corrected chi connectivity index (χ2v) is 8.59. The van der Waals surface area contributed by atoms with Crippen LogP contribution in [0.2, 0.25) is 0 Å². The lowest BCUT2D eigenvalue weighted by atomic mass is 10.0. The van der Waals surface area contributed by atoms with E-state index in [1.54, 1.807) is 11.3 Å². The van der Waals surface area contributed by atoms with Crippen LogP contribution in [0, 0.1) is 0 Å². The normalized spacial score (nSPS) is 11.8. The molecule has 0 atom stereocenters. The second-order valence-electron chi connectivity index (χ2n) is 5.98. The Morgan fingerprint density at radius 3 is 2.79 bits per heavy atom. The summed E-state index contributed by atoms with van der Waals surface area (Å²) in [6, 6.07) is 14.9. The highest BCUT2D eigenvalue weighted by molar-refractivity contribution is 7.99. The first-order valence-corrected chi connectivity index (χ1v) is 9.85. The van der Waals surface area contributed by atoms with Crippen molar-refractivity contribution in [3.05, 3.63) is 58.9 Å². The molecular weight excluding hydrogens is 336 g/mol. The minimum Gasteiger partial charge on any atom is -0.186 e. The van der Waals surface area contributed by atoms with Crippen LogP contribution in [0.3, 0.4) is 0 Å². The van der Waals surface area contributed by atoms with Crippen LogP contribution in [0.1, 0.15) is 30.2 Å². The molecular formula is C18H18N4S2. The number of aromatic nitrogens is 4. The average molecular weight is 355 g/mol. The Labute approximate surface area is 148 Å². The van der Waals surface area contributed by atoms with Gasteiger partial charge < -0.3 is 0 Å². The van der Waals surface area contributed by atoms with Gasteiger partial charge in [-0.3, -0.25) is 0 Å². The average Bonchev–Trinajstić information content (AvgIpc) is 3.13. The van der Waals surface area contributed by atoms with Crippen molar-refractivity contribution in [1.82, 2.24) is 19.8 Å². The van der Waals surface area contributed by atoms with Crippen molar-refractivity contribution in [1.29, 1.82) is 0 Å². The number of rotatable bonds is 5. The monoisotopic (exact) mass is 354 g/mol. The van der Waals surface area contributed by atoms with Crippen LogP contribution in [0.5, 0.6) is 0 Å². The van der Waals surface area contributed by atoms with Crippen LogP contribution in [-0.4, -0.2) is 25.1 Å². The van der Waals surface area contributed by atoms with Crippen LogP contribution in [0.15, 0.2) is 42.5 Å². The first kappa shape index (κ1) is 15.6. The molecule has 0 radical (unpaired) electrons. The summed E-state index contributed by atoms with van der Waals surface area (Å²) in [5.74, 6) is 1.78. The summed E-state index contributed by atoms with van der Waals surface area (Å²) in [7, 11) is 0. The molecule has 2 aromatic carbocycles. The SMILES string of the molecule is CC(C)SCc1nnc2sc(Cc3cccc4ccccc34)nn12. The zero-order chi connectivity index (χ0) is 16.5. The van der Waals surface area contributed by atoms with E-state index in [2.05, 4.69) is 66.5 Å². The molecule has 0 spiro atoms. The molecule has 0 aliphatic heterocycles. The number of thioether (sulfide) groups is 1. The van der Waals surface area contributed by atoms with Crippen molar-refractivity contribution < 1.29 is 0 Å². The Kier molecular flexibility index (Phi) is 4.24. The van der Waals surface area contributed by atoms with Gasteiger partial charge >= 0.3 is 0 Å². The van der Waals surface area contributed by atoms with E-state index in [0.29, 0.717) is 5.25 Å². The molecule has 2 aromatic heterocycles. The lowest BCUT2D eigenvalue weighted by Gasteiger charge is -2.04. The van der Waals surface area contributed by atoms with E-state index in [0.717, 1.165) is 28.0 Å². The third-order valence-corrected chi connectivity index (χ3v) is 5.85. The van der Waals surface area contributed by atoms with Gasteiger partial charge in [0.15, 0.2) is 5.82 Å². The first-order chi connectivity index (χ1) is 11.7. The highest BCUT2D eigenvalue weighted by Gasteiger charge is 2.13. The van der Waals surface area contributed by atoms with Crippen LogP contribution >= 0.6 is 23.1 Å². The molecule has 0 saturated carbocycles. The third kappa shape index (κ3) is 3.03. The molecule has 0 bridgehead atoms. The Morgan fingerprint density at radius 2 is 1.92 bits per heavy atom. The molecule has 0 N–H and O–H groups in total. The van der Waals surface area contributed by atoms with Crippen LogP contribution < -0.4 is 0 Å². The van der Waals surface area contributed by atoms with Gasteiger partial charge in [-0.25, -0.2) is 0 Å². The number of benzene rings is 2. The van der Waals surface area contributed by atoms with Gasteiger partial charge in [0.1, 0.15) is 5.01 Å². The number of hydrogen-bond acceptors (Lipinski definition) is 5. The molecule has 0 saturated heterocycles. The van der Waals surface area contributed by atoms with Gasteiger partial charge in [0.2, 0.25) is 4.96 Å². The number of nitrogens with zero attached hydrogens (tertiary/aromatic N) is 4. The molecule has 0 aliphatic rings. The fourth-order valence-corrected chi connectivity index (χ4v) is 4.25. The van der Waals surface area contributed by atoms with Crippen molar-refractivity contribution in [2.24, 2.45) is 0 Å². The highest BCUT2D eigenvalue weighted by atomic mass is 32.2. The molecule has 4 nitrogen and oxygen atoms in total. The van der Waals surface area contributed by atoms with E-state index < -0.39 is 0 Å². The fourth-order valence-electron chi connectivity index (χ4n) is 2.71. The standard InChI is InChI=1S/C18H18N4S2/c1-12(2)23-11-16-19-20-18-22(16)21-17(24-18)10-14-8-5-7-13-6-3-4-9-15(13)14/h3-9,12H,10-11H2,1-2H3. The van der Waals surface area contributed by atoms with Crippen molar-refractivity contribution in [2.75, 3.05) is 0 Å². The first-order valence-electron chi connectivity index (χ1n) is 7.99. The smallest absolute Gasteiger partial charge is 0.186 e. The topological polar surface area (TPSA) is 43.1 Å². The van der Waals surface area contributed by atoms with Crippen LogP contribution in [-0.2, 0) is 12.2 Å². The summed E-state index contributed by atoms with van der Waals surface area (Å²) in [6.45, 7) is 4.38. The van der Waals surface area contributed by atoms with Gasteiger partial charge in [-0.15, -0.1) is 10.2 Å². The minimum atomic E-state index is 0.575. The Bertz CT molecular complexity index is 982. The van der Waals surface area contributed by atoms with E-state index in [4.69, 9.17) is 5.10 Å². The molecule has 4 rings (SSSR count). The van der Waals surface area contributed by atoms with E-state index >= 15 is 0 Å². The van der Waals surface area contributed by atoms with Crippen molar-refractivity contribution in [3.63, 3.8) is 0 Å². The second kappa shape index (κ2) is 6.53. The van der Waals surface area contributed by atoms with Crippen molar-refractivity contribution >= 4 is 38.8 Å². The lowest BCUT2D eigenvalue weighted by Crippen LogP contribution is -1.98. The maximum absolute atomic E-state index is 4.75. The molecule has 2 heterocycles. The third-order valence-electron chi connectivity index (χ3n) is 3.86. The molecule has 0 amide bonds. The van der Waals surface area contributed by atoms with Gasteiger partial charge in [-0.2, -0.15) is 21.4 Å². The molecule has 0 aliphatic carbocycles. The molecule has 122 valence electrons. The zero-order valence-electron chi connectivity index (χ0n) is 13.6. The maximum Gasteiger partial charge on any atom is 0.234 e. The molecule has 4 aromatic rings. The number of hydrogen-bond donors (Lipinski definition) is 0. The maximum atomic E-state index is 4.75. The van der Waals surface area contributed by atoms with Gasteiger partial charge in [-0.05, 0) is 21.6 Å². The number of fused-ring (bicyclic) bond motifs is 2. The van der Waals surface area contributed by atoms with Crippen LogP contribution in [0.4, 0.5) is 0 Å². The summed E-state index contributed by atoms with van der Waals surface area (Å²) in [4.78, 5) is 0.879. The van der Waals surface area contributed by atoms with E-state index in [9.17, 15) is 0 Å². The highest BCUT2D eigenvalue weighted by Crippen LogP contribution is 2.24. The fraction of sp³-hybridized carbons (Fsp3) is 0.278. The van der Waals surface area contributed by atoms with E-state index in [1.165, 1.54) is 16.3 Å². The molecule has 6 heteroatoms. The largest absolute Gasteiger partial charge is 0.234 e. The van der Waals surface area contributed by atoms with Crippen molar-refractivity contribution in [2.45, 2.75) is 31.3 Å². The predicted molar refractivity (Wildman–Crippen MR) is 102 cm³/mol. The summed E-state index contributed by atoms with van der Waals surface area (Å²) >= 11 is 3.48. The summed E-state index contributed by atoms with van der Waals surface area (Å²) in [6.07, 6.45) is 0.826. The zero-order valence-corrected chi connectivity index (χ0v) is 15.3. The molecule has 0 unspecified atom stereocenters. The van der Waals surface area contributed by atoms with Crippen LogP contribution in [0.25, 0.3) is 15.7 Å². The van der Waals surface area contributed by atoms with Crippen molar-refractivity contribution in [3.8, 4) is 0 Å². The van der Waals surface area contributed by atoms with E-state index in [-0.39, 0.29) is 0 Å². The predicted octanol–water partition coefficient (Wildman–Crippen LogP) is 4.57. The summed E-state index contributed by atoms with van der Waals surface area (Å²) in [5.41, 5.74) is 1.30. The lowest BCUT2D eigenvalue weighted by molar-refractivity contribution is 0.855. The van der Waals surface area contributed by atoms with Gasteiger partial charge in [-0.1, -0.05) is 67.6 Å². The van der Waals surface area contributed by atoms with Gasteiger partial charge in [0.25, 0.3) is 0 Å². The quantitative estimate of drug-likeness (QED) is 0.526.